The van der Waals surface area contributed by atoms with E-state index < -0.39 is 61.3 Å². The quantitative estimate of drug-likeness (QED) is 0.380. The van der Waals surface area contributed by atoms with E-state index in [9.17, 15) is 30.0 Å². The summed E-state index contributed by atoms with van der Waals surface area (Å²) in [5.41, 5.74) is 1.49. The van der Waals surface area contributed by atoms with E-state index in [1.807, 2.05) is 0 Å². The molecule has 2 bridgehead atoms. The topological polar surface area (TPSA) is 164 Å². The largest absolute Gasteiger partial charge is 0.454 e. The van der Waals surface area contributed by atoms with Gasteiger partial charge < -0.3 is 49.0 Å². The number of carbonyl (C=O) groups is 2. The molecule has 192 valence electrons. The Balaban J connectivity index is 1.44. The minimum Gasteiger partial charge on any atom is -0.454 e. The van der Waals surface area contributed by atoms with E-state index in [4.69, 9.17) is 23.7 Å². The van der Waals surface area contributed by atoms with Crippen LogP contribution in [0.25, 0.3) is 0 Å². The van der Waals surface area contributed by atoms with Crippen LogP contribution in [0.5, 0.6) is 11.5 Å². The van der Waals surface area contributed by atoms with E-state index in [1.54, 1.807) is 12.1 Å². The average molecular weight is 495 g/mol. The highest BCUT2D eigenvalue weighted by atomic mass is 16.7. The Kier molecular flexibility index (Phi) is 6.70. The standard InChI is InChI=1S/C23H29NO11/c1-31-21-18(27)17(8-25)35-23(20(21)29)34-16-6-13(26)11-2-3-24(22(30)19(16)28)7-10-4-14-15(5-12(10)11)33-9-32-14/h4-5,11,16-21,23,25,27-29H,2-3,6-9H2,1H3/t11-,16+,17+,18+,19-,20+,21-,23+/m0/s1. The van der Waals surface area contributed by atoms with Crippen LogP contribution in [0.1, 0.15) is 29.9 Å². The van der Waals surface area contributed by atoms with Gasteiger partial charge in [0.1, 0.15) is 36.3 Å². The zero-order chi connectivity index (χ0) is 24.9. The molecule has 0 radical (unpaired) electrons. The first kappa shape index (κ1) is 24.4. The van der Waals surface area contributed by atoms with Gasteiger partial charge in [-0.05, 0) is 29.7 Å². The third-order valence-electron chi connectivity index (χ3n) is 7.17. The minimum atomic E-state index is -1.70. The molecule has 8 atom stereocenters. The summed E-state index contributed by atoms with van der Waals surface area (Å²) < 4.78 is 27.3. The fourth-order valence-electron chi connectivity index (χ4n) is 5.25. The van der Waals surface area contributed by atoms with Crippen molar-refractivity contribution in [1.82, 2.24) is 4.90 Å². The van der Waals surface area contributed by atoms with Gasteiger partial charge in [-0.3, -0.25) is 9.59 Å². The molecule has 12 nitrogen and oxygen atoms in total. The molecule has 4 aliphatic rings. The highest BCUT2D eigenvalue weighted by Crippen LogP contribution is 2.41. The Bertz CT molecular complexity index is 986. The van der Waals surface area contributed by atoms with Gasteiger partial charge in [-0.15, -0.1) is 0 Å². The van der Waals surface area contributed by atoms with Gasteiger partial charge in [-0.1, -0.05) is 0 Å². The Morgan fingerprint density at radius 1 is 1.11 bits per heavy atom. The highest BCUT2D eigenvalue weighted by Gasteiger charge is 2.48. The van der Waals surface area contributed by atoms with Gasteiger partial charge in [0.15, 0.2) is 23.9 Å². The second-order valence-electron chi connectivity index (χ2n) is 9.20. The summed E-state index contributed by atoms with van der Waals surface area (Å²) in [6, 6.07) is 3.54. The SMILES string of the molecule is CO[C@@H]1[C@@H](O)[C@H](O[C@@H]2CC(=O)[C@H]3CCN(Cc4cc5c(cc43)OCO5)C(=O)[C@H]2O)O[C@H](CO)[C@H]1O. The molecule has 2 saturated heterocycles. The van der Waals surface area contributed by atoms with Gasteiger partial charge >= 0.3 is 0 Å². The maximum atomic E-state index is 13.5. The molecule has 4 aliphatic heterocycles. The van der Waals surface area contributed by atoms with Gasteiger partial charge in [-0.2, -0.15) is 0 Å². The van der Waals surface area contributed by atoms with E-state index in [-0.39, 0.29) is 32.1 Å². The van der Waals surface area contributed by atoms with Gasteiger partial charge in [0.05, 0.1) is 6.61 Å². The number of hydrogen-bond donors (Lipinski definition) is 4. The maximum absolute atomic E-state index is 13.5. The number of fused-ring (bicyclic) bond motifs is 6. The van der Waals surface area contributed by atoms with E-state index >= 15 is 0 Å². The summed E-state index contributed by atoms with van der Waals surface area (Å²) in [5, 5.41) is 41.3. The molecule has 0 spiro atoms. The van der Waals surface area contributed by atoms with Crippen molar-refractivity contribution in [3.63, 3.8) is 0 Å². The van der Waals surface area contributed by atoms with Crippen molar-refractivity contribution < 1.29 is 53.7 Å². The monoisotopic (exact) mass is 495 g/mol. The first-order valence-electron chi connectivity index (χ1n) is 11.5. The van der Waals surface area contributed by atoms with Crippen LogP contribution >= 0.6 is 0 Å². The Labute approximate surface area is 200 Å². The van der Waals surface area contributed by atoms with Crippen molar-refractivity contribution in [3.8, 4) is 11.5 Å². The van der Waals surface area contributed by atoms with Crippen LogP contribution in [-0.4, -0.2) is 107 Å². The molecule has 1 amide bonds. The van der Waals surface area contributed by atoms with Crippen LogP contribution in [0.15, 0.2) is 12.1 Å². The molecule has 0 saturated carbocycles. The minimum absolute atomic E-state index is 0.0732. The van der Waals surface area contributed by atoms with Crippen LogP contribution < -0.4 is 9.47 Å². The van der Waals surface area contributed by atoms with Crippen molar-refractivity contribution in [2.75, 3.05) is 27.1 Å². The fraction of sp³-hybridized carbons (Fsp3) is 0.652. The summed E-state index contributed by atoms with van der Waals surface area (Å²) >= 11 is 0. The van der Waals surface area contributed by atoms with Gasteiger partial charge in [0.2, 0.25) is 6.79 Å². The first-order chi connectivity index (χ1) is 16.8. The molecular weight excluding hydrogens is 466 g/mol. The molecule has 1 aromatic rings. The van der Waals surface area contributed by atoms with E-state index in [2.05, 4.69) is 0 Å². The van der Waals surface area contributed by atoms with Crippen LogP contribution in [0.2, 0.25) is 0 Å². The Morgan fingerprint density at radius 3 is 2.57 bits per heavy atom. The van der Waals surface area contributed by atoms with Crippen LogP contribution in [-0.2, 0) is 30.3 Å². The summed E-state index contributed by atoms with van der Waals surface area (Å²) in [6.45, 7) is -0.0795. The van der Waals surface area contributed by atoms with E-state index in [0.717, 1.165) is 11.1 Å². The number of nitrogens with zero attached hydrogens (tertiary/aromatic N) is 1. The van der Waals surface area contributed by atoms with Gasteiger partial charge in [-0.25, -0.2) is 0 Å². The second-order valence-corrected chi connectivity index (χ2v) is 9.20. The molecular formula is C23H29NO11. The number of rotatable bonds is 4. The predicted octanol–water partition coefficient (Wildman–Crippen LogP) is -1.60. The van der Waals surface area contributed by atoms with E-state index in [1.165, 1.54) is 12.0 Å². The average Bonchev–Trinajstić information content (AvgIpc) is 3.23. The molecule has 4 heterocycles. The zero-order valence-electron chi connectivity index (χ0n) is 19.1. The third-order valence-corrected chi connectivity index (χ3v) is 7.17. The van der Waals surface area contributed by atoms with Crippen LogP contribution in [0.4, 0.5) is 0 Å². The van der Waals surface area contributed by atoms with Crippen molar-refractivity contribution in [2.45, 2.75) is 68.2 Å². The molecule has 0 aliphatic carbocycles. The lowest BCUT2D eigenvalue weighted by Gasteiger charge is -2.42. The summed E-state index contributed by atoms with van der Waals surface area (Å²) in [6.07, 6.45) is -9.56. The molecule has 5 rings (SSSR count). The number of aliphatic hydroxyl groups is 4. The molecule has 35 heavy (non-hydrogen) atoms. The van der Waals surface area contributed by atoms with Crippen molar-refractivity contribution in [3.05, 3.63) is 23.3 Å². The summed E-state index contributed by atoms with van der Waals surface area (Å²) in [5.74, 6) is -0.368. The smallest absolute Gasteiger partial charge is 0.254 e. The zero-order valence-corrected chi connectivity index (χ0v) is 19.1. The lowest BCUT2D eigenvalue weighted by atomic mass is 9.86. The van der Waals surface area contributed by atoms with Crippen LogP contribution in [0, 0.1) is 0 Å². The lowest BCUT2D eigenvalue weighted by Crippen LogP contribution is -2.61. The number of Topliss-reactive ketones (excluding diaryl/α,β-unsaturated/α-hetero) is 1. The Hall–Kier alpha value is -2.32. The number of ketones is 1. The number of ether oxygens (including phenoxy) is 5. The number of benzene rings is 1. The second kappa shape index (κ2) is 9.62. The third kappa shape index (κ3) is 4.29. The maximum Gasteiger partial charge on any atom is 0.254 e. The molecule has 2 fully saturated rings. The number of aliphatic hydroxyl groups excluding tert-OH is 4. The van der Waals surface area contributed by atoms with Crippen molar-refractivity contribution in [1.29, 1.82) is 0 Å². The first-order valence-corrected chi connectivity index (χ1v) is 11.5. The van der Waals surface area contributed by atoms with E-state index in [0.29, 0.717) is 17.9 Å². The normalized spacial score (nSPS) is 36.9. The number of carbonyl (C=O) groups excluding carboxylic acids is 2. The number of amides is 1. The lowest BCUT2D eigenvalue weighted by molar-refractivity contribution is -0.318. The molecule has 4 N–H and O–H groups in total. The van der Waals surface area contributed by atoms with Crippen LogP contribution in [0.3, 0.4) is 0 Å². The van der Waals surface area contributed by atoms with Gasteiger partial charge in [0, 0.05) is 32.5 Å². The summed E-state index contributed by atoms with van der Waals surface area (Å²) in [7, 11) is 1.27. The molecule has 0 aromatic heterocycles. The molecule has 12 heteroatoms. The fourth-order valence-corrected chi connectivity index (χ4v) is 5.25. The molecule has 0 unspecified atom stereocenters. The predicted molar refractivity (Wildman–Crippen MR) is 114 cm³/mol. The number of methoxy groups -OCH3 is 1. The molecule has 1 aromatic carbocycles. The summed E-state index contributed by atoms with van der Waals surface area (Å²) in [4.78, 5) is 28.2. The van der Waals surface area contributed by atoms with Gasteiger partial charge in [0.25, 0.3) is 5.91 Å². The number of hydrogen-bond acceptors (Lipinski definition) is 11. The van der Waals surface area contributed by atoms with Crippen molar-refractivity contribution in [2.24, 2.45) is 0 Å². The highest BCUT2D eigenvalue weighted by molar-refractivity contribution is 5.90. The Morgan fingerprint density at radius 2 is 1.86 bits per heavy atom. The van der Waals surface area contributed by atoms with Crippen molar-refractivity contribution >= 4 is 11.7 Å².